The highest BCUT2D eigenvalue weighted by atomic mass is 28.4. The van der Waals surface area contributed by atoms with Gasteiger partial charge in [0.15, 0.2) is 0 Å². The van der Waals surface area contributed by atoms with Crippen molar-refractivity contribution in [1.82, 2.24) is 4.90 Å². The van der Waals surface area contributed by atoms with Crippen LogP contribution in [0.1, 0.15) is 20.3 Å². The molecule has 0 heterocycles. The van der Waals surface area contributed by atoms with Crippen molar-refractivity contribution >= 4 is 14.9 Å². The predicted molar refractivity (Wildman–Crippen MR) is 66.1 cm³/mol. The largest absolute Gasteiger partial charge is 0.500 e. The molecule has 0 spiro atoms. The summed E-state index contributed by atoms with van der Waals surface area (Å²) in [5, 5.41) is 8.72. The van der Waals surface area contributed by atoms with Crippen LogP contribution in [0, 0.1) is 0 Å². The van der Waals surface area contributed by atoms with Crippen LogP contribution in [0.25, 0.3) is 0 Å². The lowest BCUT2D eigenvalue weighted by Gasteiger charge is -2.27. The predicted octanol–water partition coefficient (Wildman–Crippen LogP) is 1.64. The second-order valence-corrected chi connectivity index (χ2v) is 6.41. The Morgan fingerprint density at radius 1 is 1.29 bits per heavy atom. The maximum absolute atomic E-state index is 10.6. The van der Waals surface area contributed by atoms with E-state index in [-0.39, 0.29) is 0 Å². The Kier molecular flexibility index (Phi) is 8.14. The minimum Gasteiger partial charge on any atom is -0.465 e. The monoisotopic (exact) mass is 265 g/mol. The number of carbonyl (C=O) groups is 1. The Morgan fingerprint density at radius 3 is 2.18 bits per heavy atom. The van der Waals surface area contributed by atoms with Crippen LogP contribution in [-0.4, -0.2) is 58.8 Å². The van der Waals surface area contributed by atoms with E-state index in [1.807, 2.05) is 13.8 Å². The minimum absolute atomic E-state index is 0.452. The molecule has 0 atom stereocenters. The van der Waals surface area contributed by atoms with Crippen molar-refractivity contribution in [3.05, 3.63) is 0 Å². The Bertz CT molecular complexity index is 221. The zero-order chi connectivity index (χ0) is 13.3. The number of hydrogen-bond acceptors (Lipinski definition) is 4. The number of carboxylic acid groups (broad SMARTS) is 1. The Balaban J connectivity index is 4.19. The summed E-state index contributed by atoms with van der Waals surface area (Å²) >= 11 is 0. The van der Waals surface area contributed by atoms with Crippen molar-refractivity contribution in [3.63, 3.8) is 0 Å². The van der Waals surface area contributed by atoms with Crippen molar-refractivity contribution in [3.8, 4) is 0 Å². The zero-order valence-corrected chi connectivity index (χ0v) is 12.1. The molecule has 102 valence electrons. The normalized spacial score (nSPS) is 11.5. The van der Waals surface area contributed by atoms with Gasteiger partial charge in [0, 0.05) is 40.0 Å². The first-order valence-corrected chi connectivity index (χ1v) is 7.71. The molecule has 0 unspecified atom stereocenters. The van der Waals surface area contributed by atoms with Gasteiger partial charge in [0.25, 0.3) is 0 Å². The third-order valence-corrected chi connectivity index (χ3v) is 5.39. The van der Waals surface area contributed by atoms with Crippen molar-refractivity contribution < 1.29 is 23.2 Å². The molecule has 0 aliphatic rings. The molecule has 0 bridgehead atoms. The average Bonchev–Trinajstić information content (AvgIpc) is 2.29. The SMILES string of the molecule is CCO[Si](CCCN(C)C(=O)O)(OC)OCC. The van der Waals surface area contributed by atoms with Crippen molar-refractivity contribution in [2.24, 2.45) is 0 Å². The van der Waals surface area contributed by atoms with Gasteiger partial charge in [-0.05, 0) is 20.3 Å². The van der Waals surface area contributed by atoms with Gasteiger partial charge in [-0.3, -0.25) is 0 Å². The van der Waals surface area contributed by atoms with E-state index < -0.39 is 14.9 Å². The van der Waals surface area contributed by atoms with Crippen LogP contribution in [0.4, 0.5) is 4.79 Å². The van der Waals surface area contributed by atoms with E-state index in [4.69, 9.17) is 18.4 Å². The van der Waals surface area contributed by atoms with Gasteiger partial charge in [-0.2, -0.15) is 0 Å². The molecular formula is C10H23NO5Si. The first-order chi connectivity index (χ1) is 8.01. The standard InChI is InChI=1S/C10H23NO5Si/c1-5-15-17(14-4,16-6-2)9-7-8-11(3)10(12)13/h5-9H2,1-4H3,(H,12,13). The fraction of sp³-hybridized carbons (Fsp3) is 0.900. The summed E-state index contributed by atoms with van der Waals surface area (Å²) in [6.45, 7) is 5.31. The summed E-state index contributed by atoms with van der Waals surface area (Å²) in [5.41, 5.74) is 0. The van der Waals surface area contributed by atoms with Crippen LogP contribution in [0.15, 0.2) is 0 Å². The highest BCUT2D eigenvalue weighted by molar-refractivity contribution is 6.60. The summed E-state index contributed by atoms with van der Waals surface area (Å²) in [6, 6.07) is 0.628. The lowest BCUT2D eigenvalue weighted by Crippen LogP contribution is -2.45. The second-order valence-electron chi connectivity index (χ2n) is 3.56. The summed E-state index contributed by atoms with van der Waals surface area (Å²) in [6.07, 6.45) is -0.259. The van der Waals surface area contributed by atoms with Crippen LogP contribution < -0.4 is 0 Å². The fourth-order valence-electron chi connectivity index (χ4n) is 1.47. The highest BCUT2D eigenvalue weighted by Crippen LogP contribution is 2.17. The smallest absolute Gasteiger partial charge is 0.465 e. The molecule has 1 amide bonds. The van der Waals surface area contributed by atoms with Gasteiger partial charge in [-0.25, -0.2) is 4.79 Å². The topological polar surface area (TPSA) is 68.2 Å². The van der Waals surface area contributed by atoms with Crippen molar-refractivity contribution in [1.29, 1.82) is 0 Å². The summed E-state index contributed by atoms with van der Waals surface area (Å²) < 4.78 is 16.6. The van der Waals surface area contributed by atoms with E-state index in [2.05, 4.69) is 0 Å². The van der Waals surface area contributed by atoms with Gasteiger partial charge in [0.2, 0.25) is 0 Å². The molecule has 1 N–H and O–H groups in total. The molecule has 0 aromatic carbocycles. The molecule has 6 nitrogen and oxygen atoms in total. The Morgan fingerprint density at radius 2 is 1.82 bits per heavy atom. The quantitative estimate of drug-likeness (QED) is 0.642. The molecule has 0 aliphatic heterocycles. The molecular weight excluding hydrogens is 242 g/mol. The van der Waals surface area contributed by atoms with Gasteiger partial charge in [-0.1, -0.05) is 0 Å². The summed E-state index contributed by atoms with van der Waals surface area (Å²) in [7, 11) is 0.533. The van der Waals surface area contributed by atoms with E-state index >= 15 is 0 Å². The number of rotatable bonds is 9. The summed E-state index contributed by atoms with van der Waals surface area (Å²) in [5.74, 6) is 0. The number of hydrogen-bond donors (Lipinski definition) is 1. The lowest BCUT2D eigenvalue weighted by atomic mass is 10.4. The van der Waals surface area contributed by atoms with E-state index in [1.54, 1.807) is 14.2 Å². The third-order valence-electron chi connectivity index (χ3n) is 2.34. The van der Waals surface area contributed by atoms with E-state index in [0.29, 0.717) is 32.2 Å². The molecule has 0 rings (SSSR count). The molecule has 0 aromatic heterocycles. The average molecular weight is 265 g/mol. The second kappa shape index (κ2) is 8.46. The maximum atomic E-state index is 10.6. The Hall–Kier alpha value is -0.633. The van der Waals surface area contributed by atoms with Crippen LogP contribution in [-0.2, 0) is 13.3 Å². The number of nitrogens with zero attached hydrogens (tertiary/aromatic N) is 1. The lowest BCUT2D eigenvalue weighted by molar-refractivity contribution is 0.0850. The van der Waals surface area contributed by atoms with E-state index in [9.17, 15) is 4.79 Å². The third kappa shape index (κ3) is 6.01. The van der Waals surface area contributed by atoms with Gasteiger partial charge in [0.1, 0.15) is 0 Å². The first kappa shape index (κ1) is 16.4. The minimum atomic E-state index is -2.59. The molecule has 0 saturated heterocycles. The summed E-state index contributed by atoms with van der Waals surface area (Å²) in [4.78, 5) is 11.9. The molecule has 0 aliphatic carbocycles. The molecule has 17 heavy (non-hydrogen) atoms. The van der Waals surface area contributed by atoms with Crippen LogP contribution in [0.2, 0.25) is 6.04 Å². The molecule has 0 radical (unpaired) electrons. The first-order valence-electron chi connectivity index (χ1n) is 5.78. The molecule has 0 aromatic rings. The fourth-order valence-corrected chi connectivity index (χ4v) is 3.76. The van der Waals surface area contributed by atoms with Crippen molar-refractivity contribution in [2.45, 2.75) is 26.3 Å². The van der Waals surface area contributed by atoms with Crippen LogP contribution in [0.5, 0.6) is 0 Å². The van der Waals surface area contributed by atoms with E-state index in [1.165, 1.54) is 4.90 Å². The van der Waals surface area contributed by atoms with Gasteiger partial charge in [-0.15, -0.1) is 0 Å². The maximum Gasteiger partial charge on any atom is 0.500 e. The molecule has 0 saturated carbocycles. The number of amides is 1. The highest BCUT2D eigenvalue weighted by Gasteiger charge is 2.38. The molecule has 0 fully saturated rings. The Labute approximate surface area is 104 Å². The molecule has 7 heteroatoms. The van der Waals surface area contributed by atoms with Crippen LogP contribution >= 0.6 is 0 Å². The van der Waals surface area contributed by atoms with Gasteiger partial charge in [0.05, 0.1) is 0 Å². The zero-order valence-electron chi connectivity index (χ0n) is 11.1. The van der Waals surface area contributed by atoms with Gasteiger partial charge >= 0.3 is 14.9 Å². The van der Waals surface area contributed by atoms with Crippen LogP contribution in [0.3, 0.4) is 0 Å². The van der Waals surface area contributed by atoms with Gasteiger partial charge < -0.3 is 23.3 Å². The van der Waals surface area contributed by atoms with Crippen molar-refractivity contribution in [2.75, 3.05) is 33.9 Å². The van der Waals surface area contributed by atoms with E-state index in [0.717, 1.165) is 0 Å².